The van der Waals surface area contributed by atoms with E-state index in [1.807, 2.05) is 37.0 Å². The van der Waals surface area contributed by atoms with Crippen LogP contribution in [0.2, 0.25) is 0 Å². The first-order valence-electron chi connectivity index (χ1n) is 7.60. The number of thiophene rings is 1. The Kier molecular flexibility index (Phi) is 8.58. The average molecular weight is 401 g/mol. The third-order valence-electron chi connectivity index (χ3n) is 3.66. The lowest BCUT2D eigenvalue weighted by Gasteiger charge is -2.26. The van der Waals surface area contributed by atoms with Crippen molar-refractivity contribution in [2.45, 2.75) is 26.9 Å². The van der Waals surface area contributed by atoms with E-state index in [2.05, 4.69) is 40.0 Å². The molecule has 128 valence electrons. The van der Waals surface area contributed by atoms with Gasteiger partial charge in [-0.15, -0.1) is 11.3 Å². The zero-order chi connectivity index (χ0) is 17.4. The summed E-state index contributed by atoms with van der Waals surface area (Å²) in [4.78, 5) is 15.4. The third-order valence-corrected chi connectivity index (χ3v) is 4.81. The van der Waals surface area contributed by atoms with Crippen molar-refractivity contribution in [3.8, 4) is 5.75 Å². The van der Waals surface area contributed by atoms with E-state index < -0.39 is 0 Å². The summed E-state index contributed by atoms with van der Waals surface area (Å²) in [7, 11) is 1.61. The molecule has 0 aliphatic heterocycles. The van der Waals surface area contributed by atoms with Crippen LogP contribution in [0.15, 0.2) is 24.3 Å². The summed E-state index contributed by atoms with van der Waals surface area (Å²) in [6.45, 7) is 7.99. The lowest BCUT2D eigenvalue weighted by Crippen LogP contribution is -2.45. The summed E-state index contributed by atoms with van der Waals surface area (Å²) in [5.74, 6) is 2.40. The molecule has 2 aromatic rings. The number of alkyl halides is 1. The molecule has 0 radical (unpaired) electrons. The summed E-state index contributed by atoms with van der Waals surface area (Å²) >= 11 is 4.41. The topological polar surface area (TPSA) is 41.6 Å². The predicted octanol–water partition coefficient (Wildman–Crippen LogP) is 4.34. The molecular weight excluding hydrogens is 376 g/mol. The number of carbonyl (C=O) groups is 1. The van der Waals surface area contributed by atoms with Crippen LogP contribution in [0.4, 0.5) is 0 Å². The lowest BCUT2D eigenvalue weighted by molar-refractivity contribution is 0.0876. The molecule has 0 fully saturated rings. The fourth-order valence-electron chi connectivity index (χ4n) is 2.49. The van der Waals surface area contributed by atoms with Gasteiger partial charge in [-0.3, -0.25) is 9.69 Å². The van der Waals surface area contributed by atoms with Crippen LogP contribution >= 0.6 is 27.3 Å². The number of nitrogens with one attached hydrogen (secondary N) is 1. The Hall–Kier alpha value is -1.11. The van der Waals surface area contributed by atoms with E-state index in [4.69, 9.17) is 4.74 Å². The van der Waals surface area contributed by atoms with Crippen LogP contribution in [-0.2, 0) is 0 Å². The predicted molar refractivity (Wildman–Crippen MR) is 103 cm³/mol. The van der Waals surface area contributed by atoms with Gasteiger partial charge in [0, 0.05) is 10.1 Å². The van der Waals surface area contributed by atoms with Crippen molar-refractivity contribution in [2.24, 2.45) is 0 Å². The molecule has 4 nitrogen and oxygen atoms in total. The van der Waals surface area contributed by atoms with Gasteiger partial charge in [0.15, 0.2) is 0 Å². The van der Waals surface area contributed by atoms with E-state index in [9.17, 15) is 4.79 Å². The van der Waals surface area contributed by atoms with Crippen molar-refractivity contribution in [3.63, 3.8) is 0 Å². The Balaban J connectivity index is 0.00000127. The van der Waals surface area contributed by atoms with Crippen LogP contribution in [0.25, 0.3) is 10.1 Å². The second-order valence-corrected chi connectivity index (χ2v) is 5.88. The minimum absolute atomic E-state index is 0.00224. The minimum Gasteiger partial charge on any atom is -0.494 e. The highest BCUT2D eigenvalue weighted by atomic mass is 79.9. The zero-order valence-electron chi connectivity index (χ0n) is 14.4. The molecule has 1 amide bonds. The van der Waals surface area contributed by atoms with Crippen LogP contribution < -0.4 is 10.1 Å². The third kappa shape index (κ3) is 4.68. The summed E-state index contributed by atoms with van der Waals surface area (Å²) in [5, 5.41) is 4.04. The Morgan fingerprint density at radius 1 is 1.30 bits per heavy atom. The monoisotopic (exact) mass is 400 g/mol. The van der Waals surface area contributed by atoms with Crippen molar-refractivity contribution in [1.29, 1.82) is 0 Å². The number of methoxy groups -OCH3 is 1. The number of nitrogens with zero attached hydrogens (tertiary/aromatic N) is 1. The van der Waals surface area contributed by atoms with Crippen LogP contribution in [0.3, 0.4) is 0 Å². The van der Waals surface area contributed by atoms with Gasteiger partial charge in [0.05, 0.1) is 13.3 Å². The highest BCUT2D eigenvalue weighted by molar-refractivity contribution is 9.08. The van der Waals surface area contributed by atoms with Crippen LogP contribution in [-0.4, -0.2) is 43.0 Å². The lowest BCUT2D eigenvalue weighted by atomic mass is 10.2. The first-order chi connectivity index (χ1) is 11.1. The molecule has 1 aromatic heterocycles. The van der Waals surface area contributed by atoms with E-state index in [0.29, 0.717) is 10.6 Å². The van der Waals surface area contributed by atoms with Gasteiger partial charge in [-0.1, -0.05) is 41.9 Å². The fourth-order valence-corrected chi connectivity index (χ4v) is 3.57. The molecule has 0 saturated heterocycles. The molecule has 2 rings (SSSR count). The van der Waals surface area contributed by atoms with Crippen molar-refractivity contribution in [3.05, 3.63) is 29.1 Å². The van der Waals surface area contributed by atoms with Gasteiger partial charge in [0.2, 0.25) is 0 Å². The Bertz CT molecular complexity index is 626. The average Bonchev–Trinajstić information content (AvgIpc) is 2.96. The molecule has 1 N–H and O–H groups in total. The fraction of sp³-hybridized carbons (Fsp3) is 0.471. The van der Waals surface area contributed by atoms with Crippen LogP contribution in [0, 0.1) is 0 Å². The quantitative estimate of drug-likeness (QED) is 0.579. The minimum atomic E-state index is -0.0764. The van der Waals surface area contributed by atoms with E-state index >= 15 is 0 Å². The Morgan fingerprint density at radius 3 is 2.48 bits per heavy atom. The number of amides is 1. The molecule has 0 spiro atoms. The van der Waals surface area contributed by atoms with E-state index in [1.54, 1.807) is 7.11 Å². The summed E-state index contributed by atoms with van der Waals surface area (Å²) in [5.41, 5.74) is 0. The van der Waals surface area contributed by atoms with E-state index in [1.165, 1.54) is 11.3 Å². The van der Waals surface area contributed by atoms with Gasteiger partial charge in [-0.05, 0) is 38.0 Å². The summed E-state index contributed by atoms with van der Waals surface area (Å²) in [6.07, 6.45) is 0.00224. The molecular formula is C17H25BrN2O2S. The molecule has 6 heteroatoms. The smallest absolute Gasteiger partial charge is 0.266 e. The molecule has 0 aliphatic rings. The van der Waals surface area contributed by atoms with Gasteiger partial charge >= 0.3 is 0 Å². The number of fused-ring (bicyclic) bond motifs is 1. The second kappa shape index (κ2) is 9.90. The second-order valence-electron chi connectivity index (χ2n) is 4.83. The molecule has 23 heavy (non-hydrogen) atoms. The number of hydrogen-bond donors (Lipinski definition) is 1. The van der Waals surface area contributed by atoms with Gasteiger partial charge < -0.3 is 10.1 Å². The highest BCUT2D eigenvalue weighted by Crippen LogP contribution is 2.37. The summed E-state index contributed by atoms with van der Waals surface area (Å²) in [6, 6.07) is 7.92. The van der Waals surface area contributed by atoms with Crippen LogP contribution in [0.1, 0.15) is 30.4 Å². The van der Waals surface area contributed by atoms with Gasteiger partial charge in [-0.25, -0.2) is 0 Å². The Labute approximate surface area is 150 Å². The molecule has 0 aliphatic carbocycles. The Morgan fingerprint density at radius 2 is 1.91 bits per heavy atom. The maximum atomic E-state index is 12.5. The van der Waals surface area contributed by atoms with Gasteiger partial charge in [0.25, 0.3) is 5.91 Å². The van der Waals surface area contributed by atoms with Crippen molar-refractivity contribution < 1.29 is 9.53 Å². The van der Waals surface area contributed by atoms with Crippen LogP contribution in [0.5, 0.6) is 5.75 Å². The molecule has 1 unspecified atom stereocenters. The molecule has 1 heterocycles. The molecule has 0 saturated carbocycles. The summed E-state index contributed by atoms with van der Waals surface area (Å²) < 4.78 is 6.52. The standard InChI is InChI=1S/C16H22N2O2S.CH3Br/c1-5-18(6-2)11(3)17-16(19)15-14(20-4)12-9-7-8-10-13(12)21-15;1-2/h7-11H,5-6H2,1-4H3,(H,17,19);1H3. The SMILES string of the molecule is CBr.CCN(CC)C(C)NC(=O)c1sc2ccccc2c1OC. The first kappa shape index (κ1) is 19.9. The van der Waals surface area contributed by atoms with Gasteiger partial charge in [0.1, 0.15) is 10.6 Å². The molecule has 0 bridgehead atoms. The zero-order valence-corrected chi connectivity index (χ0v) is 16.8. The maximum Gasteiger partial charge on any atom is 0.266 e. The van der Waals surface area contributed by atoms with Crippen molar-refractivity contribution >= 4 is 43.3 Å². The van der Waals surface area contributed by atoms with E-state index in [0.717, 1.165) is 23.2 Å². The van der Waals surface area contributed by atoms with E-state index in [-0.39, 0.29) is 12.1 Å². The van der Waals surface area contributed by atoms with Crippen molar-refractivity contribution in [2.75, 3.05) is 26.0 Å². The number of rotatable bonds is 6. The number of hydrogen-bond acceptors (Lipinski definition) is 4. The highest BCUT2D eigenvalue weighted by Gasteiger charge is 2.21. The number of benzene rings is 1. The van der Waals surface area contributed by atoms with Gasteiger partial charge in [-0.2, -0.15) is 0 Å². The van der Waals surface area contributed by atoms with Crippen molar-refractivity contribution in [1.82, 2.24) is 10.2 Å². The number of halogens is 1. The first-order valence-corrected chi connectivity index (χ1v) is 10.0. The normalized spacial score (nSPS) is 11.8. The largest absolute Gasteiger partial charge is 0.494 e. The number of ether oxygens (including phenoxy) is 1. The maximum absolute atomic E-state index is 12.5. The molecule has 1 atom stereocenters. The number of carbonyl (C=O) groups excluding carboxylic acids is 1. The molecule has 1 aromatic carbocycles.